The van der Waals surface area contributed by atoms with Crippen molar-refractivity contribution >= 4 is 17.6 Å². The smallest absolute Gasteiger partial charge is 0.252 e. The first-order valence-electron chi connectivity index (χ1n) is 10.3. The van der Waals surface area contributed by atoms with Crippen LogP contribution >= 0.6 is 0 Å². The van der Waals surface area contributed by atoms with E-state index in [0.29, 0.717) is 50.7 Å². The molecule has 1 saturated carbocycles. The number of hydrogen-bond acceptors (Lipinski definition) is 5. The van der Waals surface area contributed by atoms with E-state index < -0.39 is 0 Å². The molecule has 0 spiro atoms. The van der Waals surface area contributed by atoms with Crippen molar-refractivity contribution in [2.24, 2.45) is 5.92 Å². The van der Waals surface area contributed by atoms with Gasteiger partial charge in [-0.15, -0.1) is 0 Å². The monoisotopic (exact) mass is 384 g/mol. The van der Waals surface area contributed by atoms with Crippen LogP contribution < -0.4 is 0 Å². The Balaban J connectivity index is 1.32. The topological polar surface area (TPSA) is 83.7 Å². The summed E-state index contributed by atoms with van der Waals surface area (Å²) in [5.41, 5.74) is 2.94. The maximum Gasteiger partial charge on any atom is 0.252 e. The number of nitrogens with zero attached hydrogens (tertiary/aromatic N) is 6. The molecule has 8 nitrogen and oxygen atoms in total. The van der Waals surface area contributed by atoms with E-state index >= 15 is 0 Å². The molecule has 2 aromatic heterocycles. The lowest BCUT2D eigenvalue weighted by Gasteiger charge is -2.36. The van der Waals surface area contributed by atoms with Crippen LogP contribution in [0.2, 0.25) is 0 Å². The van der Waals surface area contributed by atoms with Gasteiger partial charge in [-0.3, -0.25) is 9.59 Å². The van der Waals surface area contributed by atoms with Crippen LogP contribution in [0.5, 0.6) is 0 Å². The standard InChI is InChI=1S/C20H28N6O2/c1-14-17(15(2)26-20(23-14)21-13-22-26)7-8-18(27)24-9-11-25(12-10-24)19(28)16-5-3-4-6-16/h13,16H,3-12H2,1-2H3. The van der Waals surface area contributed by atoms with Crippen LogP contribution in [0.25, 0.3) is 5.78 Å². The average molecular weight is 384 g/mol. The lowest BCUT2D eigenvalue weighted by molar-refractivity contribution is -0.142. The van der Waals surface area contributed by atoms with Crippen LogP contribution in [-0.2, 0) is 16.0 Å². The fourth-order valence-corrected chi connectivity index (χ4v) is 4.51. The minimum atomic E-state index is 0.144. The highest BCUT2D eigenvalue weighted by Crippen LogP contribution is 2.27. The molecule has 8 heteroatoms. The third-order valence-corrected chi connectivity index (χ3v) is 6.23. The summed E-state index contributed by atoms with van der Waals surface area (Å²) in [5.74, 6) is 1.24. The molecule has 1 aliphatic carbocycles. The number of hydrogen-bond donors (Lipinski definition) is 0. The van der Waals surface area contributed by atoms with Crippen LogP contribution in [-0.4, -0.2) is 67.4 Å². The number of rotatable bonds is 4. The molecular formula is C20H28N6O2. The molecule has 1 saturated heterocycles. The van der Waals surface area contributed by atoms with Crippen molar-refractivity contribution < 1.29 is 9.59 Å². The van der Waals surface area contributed by atoms with Crippen LogP contribution in [0.1, 0.15) is 49.1 Å². The Kier molecular flexibility index (Phi) is 5.28. The molecule has 0 radical (unpaired) electrons. The van der Waals surface area contributed by atoms with Crippen molar-refractivity contribution in [3.8, 4) is 0 Å². The van der Waals surface area contributed by atoms with Gasteiger partial charge in [-0.2, -0.15) is 10.1 Å². The Bertz CT molecular complexity index is 878. The maximum atomic E-state index is 12.7. The van der Waals surface area contributed by atoms with Crippen molar-refractivity contribution in [2.45, 2.75) is 52.4 Å². The molecule has 3 heterocycles. The Labute approximate surface area is 164 Å². The predicted octanol–water partition coefficient (Wildman–Crippen LogP) is 1.53. The number of aryl methyl sites for hydroxylation is 2. The molecule has 0 unspecified atom stereocenters. The van der Waals surface area contributed by atoms with Crippen molar-refractivity contribution in [3.05, 3.63) is 23.3 Å². The summed E-state index contributed by atoms with van der Waals surface area (Å²) in [7, 11) is 0. The SMILES string of the molecule is Cc1nc2ncnn2c(C)c1CCC(=O)N1CCN(C(=O)C2CCCC2)CC1. The second kappa shape index (κ2) is 7.85. The van der Waals surface area contributed by atoms with Crippen LogP contribution in [0.3, 0.4) is 0 Å². The molecule has 4 rings (SSSR count). The fraction of sp³-hybridized carbons (Fsp3) is 0.650. The highest BCUT2D eigenvalue weighted by atomic mass is 16.2. The summed E-state index contributed by atoms with van der Waals surface area (Å²) in [6, 6.07) is 0. The molecule has 2 amide bonds. The van der Waals surface area contributed by atoms with Crippen LogP contribution in [0.4, 0.5) is 0 Å². The lowest BCUT2D eigenvalue weighted by Crippen LogP contribution is -2.51. The lowest BCUT2D eigenvalue weighted by atomic mass is 10.1. The van der Waals surface area contributed by atoms with E-state index in [1.165, 1.54) is 19.2 Å². The van der Waals surface area contributed by atoms with Gasteiger partial charge in [0.2, 0.25) is 11.8 Å². The van der Waals surface area contributed by atoms with Gasteiger partial charge in [0.1, 0.15) is 6.33 Å². The first-order chi connectivity index (χ1) is 13.5. The molecule has 2 fully saturated rings. The first kappa shape index (κ1) is 18.8. The van der Waals surface area contributed by atoms with Gasteiger partial charge in [0.05, 0.1) is 0 Å². The Morgan fingerprint density at radius 1 is 1.07 bits per heavy atom. The normalized spacial score (nSPS) is 18.2. The minimum absolute atomic E-state index is 0.144. The summed E-state index contributed by atoms with van der Waals surface area (Å²) in [4.78, 5) is 37.7. The summed E-state index contributed by atoms with van der Waals surface area (Å²) in [6.45, 7) is 6.53. The van der Waals surface area contributed by atoms with Gasteiger partial charge >= 0.3 is 0 Å². The predicted molar refractivity (Wildman–Crippen MR) is 104 cm³/mol. The summed E-state index contributed by atoms with van der Waals surface area (Å²) < 4.78 is 1.72. The molecule has 0 atom stereocenters. The van der Waals surface area contributed by atoms with E-state index in [0.717, 1.165) is 29.8 Å². The van der Waals surface area contributed by atoms with E-state index in [1.54, 1.807) is 4.52 Å². The molecule has 0 bridgehead atoms. The van der Waals surface area contributed by atoms with Gasteiger partial charge in [0, 0.05) is 49.9 Å². The van der Waals surface area contributed by atoms with Crippen molar-refractivity contribution in [1.29, 1.82) is 0 Å². The number of carbonyl (C=O) groups excluding carboxylic acids is 2. The molecular weight excluding hydrogens is 356 g/mol. The number of amides is 2. The Morgan fingerprint density at radius 3 is 2.46 bits per heavy atom. The third-order valence-electron chi connectivity index (χ3n) is 6.23. The van der Waals surface area contributed by atoms with Crippen LogP contribution in [0, 0.1) is 19.8 Å². The zero-order valence-electron chi connectivity index (χ0n) is 16.7. The second-order valence-corrected chi connectivity index (χ2v) is 7.92. The number of fused-ring (bicyclic) bond motifs is 1. The largest absolute Gasteiger partial charge is 0.339 e. The molecule has 0 N–H and O–H groups in total. The number of piperazine rings is 1. The van der Waals surface area contributed by atoms with Crippen molar-refractivity contribution in [3.63, 3.8) is 0 Å². The van der Waals surface area contributed by atoms with Gasteiger partial charge in [-0.25, -0.2) is 9.50 Å². The quantitative estimate of drug-likeness (QED) is 0.798. The Hall–Kier alpha value is -2.51. The highest BCUT2D eigenvalue weighted by molar-refractivity contribution is 5.80. The molecule has 0 aromatic carbocycles. The van der Waals surface area contributed by atoms with E-state index in [-0.39, 0.29) is 11.8 Å². The highest BCUT2D eigenvalue weighted by Gasteiger charge is 2.30. The van der Waals surface area contributed by atoms with Crippen LogP contribution in [0.15, 0.2) is 6.33 Å². The zero-order chi connectivity index (χ0) is 19.7. The zero-order valence-corrected chi connectivity index (χ0v) is 16.7. The van der Waals surface area contributed by atoms with E-state index in [2.05, 4.69) is 15.1 Å². The number of aromatic nitrogens is 4. The van der Waals surface area contributed by atoms with Gasteiger partial charge in [0.25, 0.3) is 5.78 Å². The average Bonchev–Trinajstić information content (AvgIpc) is 3.39. The molecule has 2 aromatic rings. The van der Waals surface area contributed by atoms with Gasteiger partial charge < -0.3 is 9.80 Å². The third kappa shape index (κ3) is 3.59. The van der Waals surface area contributed by atoms with E-state index in [4.69, 9.17) is 0 Å². The summed E-state index contributed by atoms with van der Waals surface area (Å²) in [5, 5.41) is 4.20. The fourth-order valence-electron chi connectivity index (χ4n) is 4.51. The van der Waals surface area contributed by atoms with Gasteiger partial charge in [0.15, 0.2) is 0 Å². The Morgan fingerprint density at radius 2 is 1.75 bits per heavy atom. The first-order valence-corrected chi connectivity index (χ1v) is 10.3. The van der Waals surface area contributed by atoms with Crippen molar-refractivity contribution in [1.82, 2.24) is 29.4 Å². The number of carbonyl (C=O) groups is 2. The molecule has 2 aliphatic rings. The van der Waals surface area contributed by atoms with Gasteiger partial charge in [-0.1, -0.05) is 12.8 Å². The second-order valence-electron chi connectivity index (χ2n) is 7.92. The van der Waals surface area contributed by atoms with E-state index in [9.17, 15) is 9.59 Å². The summed E-state index contributed by atoms with van der Waals surface area (Å²) >= 11 is 0. The molecule has 28 heavy (non-hydrogen) atoms. The van der Waals surface area contributed by atoms with E-state index in [1.807, 2.05) is 23.6 Å². The van der Waals surface area contributed by atoms with Crippen molar-refractivity contribution in [2.75, 3.05) is 26.2 Å². The summed E-state index contributed by atoms with van der Waals surface area (Å²) in [6.07, 6.45) is 6.98. The maximum absolute atomic E-state index is 12.7. The minimum Gasteiger partial charge on any atom is -0.339 e. The van der Waals surface area contributed by atoms with Gasteiger partial charge in [-0.05, 0) is 38.7 Å². The molecule has 150 valence electrons. The molecule has 1 aliphatic heterocycles.